The zero-order valence-corrected chi connectivity index (χ0v) is 14.5. The quantitative estimate of drug-likeness (QED) is 0.502. The van der Waals surface area contributed by atoms with Gasteiger partial charge in [-0.2, -0.15) is 0 Å². The van der Waals surface area contributed by atoms with Crippen molar-refractivity contribution in [1.82, 2.24) is 15.2 Å². The molecule has 1 amide bonds. The first-order chi connectivity index (χ1) is 13.1. The van der Waals surface area contributed by atoms with E-state index in [9.17, 15) is 13.6 Å². The Morgan fingerprint density at radius 1 is 1.15 bits per heavy atom. The number of thioether (sulfide) groups is 1. The molecule has 6 nitrogen and oxygen atoms in total. The number of nitrogens with zero attached hydrogens (tertiary/aromatic N) is 2. The molecular formula is C18H12F2N4O2S. The third-order valence-electron chi connectivity index (χ3n) is 3.70. The topological polar surface area (TPSA) is 83.8 Å². The van der Waals surface area contributed by atoms with Crippen molar-refractivity contribution in [3.05, 3.63) is 60.3 Å². The van der Waals surface area contributed by atoms with Gasteiger partial charge >= 0.3 is 0 Å². The Morgan fingerprint density at radius 2 is 1.93 bits per heavy atom. The summed E-state index contributed by atoms with van der Waals surface area (Å²) in [5.41, 5.74) is 1.76. The minimum Gasteiger partial charge on any atom is -0.411 e. The highest BCUT2D eigenvalue weighted by molar-refractivity contribution is 7.99. The van der Waals surface area contributed by atoms with Crippen molar-refractivity contribution in [1.29, 1.82) is 0 Å². The SMILES string of the molecule is O=C(CSc1nnc(-c2c[nH]c3ccccc23)o1)Nc1cc(F)cc(F)c1. The first kappa shape index (κ1) is 17.2. The van der Waals surface area contributed by atoms with Crippen LogP contribution in [0.4, 0.5) is 14.5 Å². The molecule has 0 spiro atoms. The summed E-state index contributed by atoms with van der Waals surface area (Å²) in [6.07, 6.45) is 1.78. The number of amides is 1. The van der Waals surface area contributed by atoms with E-state index in [1.807, 2.05) is 24.3 Å². The number of hydrogen-bond donors (Lipinski definition) is 2. The van der Waals surface area contributed by atoms with Crippen LogP contribution in [0.5, 0.6) is 0 Å². The van der Waals surface area contributed by atoms with Crippen LogP contribution in [-0.4, -0.2) is 26.8 Å². The first-order valence-corrected chi connectivity index (χ1v) is 8.86. The maximum absolute atomic E-state index is 13.1. The molecule has 0 bridgehead atoms. The van der Waals surface area contributed by atoms with Gasteiger partial charge in [0.1, 0.15) is 11.6 Å². The normalized spacial score (nSPS) is 11.0. The number of para-hydroxylation sites is 1. The van der Waals surface area contributed by atoms with E-state index in [1.165, 1.54) is 0 Å². The number of carbonyl (C=O) groups is 1. The summed E-state index contributed by atoms with van der Waals surface area (Å²) in [7, 11) is 0. The number of benzene rings is 2. The van der Waals surface area contributed by atoms with E-state index in [2.05, 4.69) is 20.5 Å². The molecule has 136 valence electrons. The van der Waals surface area contributed by atoms with Gasteiger partial charge in [0.15, 0.2) is 0 Å². The minimum atomic E-state index is -0.766. The molecule has 0 unspecified atom stereocenters. The largest absolute Gasteiger partial charge is 0.411 e. The zero-order valence-electron chi connectivity index (χ0n) is 13.7. The predicted octanol–water partition coefficient (Wildman–Crippen LogP) is 4.23. The number of fused-ring (bicyclic) bond motifs is 1. The average Bonchev–Trinajstić information content (AvgIpc) is 3.25. The smallest absolute Gasteiger partial charge is 0.277 e. The molecule has 0 saturated heterocycles. The van der Waals surface area contributed by atoms with Crippen LogP contribution in [0, 0.1) is 11.6 Å². The van der Waals surface area contributed by atoms with Crippen molar-refractivity contribution in [3.8, 4) is 11.5 Å². The van der Waals surface area contributed by atoms with Gasteiger partial charge in [-0.1, -0.05) is 30.0 Å². The summed E-state index contributed by atoms with van der Waals surface area (Å²) in [5.74, 6) is -1.69. The zero-order chi connectivity index (χ0) is 18.8. The highest BCUT2D eigenvalue weighted by atomic mass is 32.2. The fraction of sp³-hybridized carbons (Fsp3) is 0.0556. The second-order valence-electron chi connectivity index (χ2n) is 5.62. The summed E-state index contributed by atoms with van der Waals surface area (Å²) < 4.78 is 31.9. The van der Waals surface area contributed by atoms with Gasteiger partial charge in [0.25, 0.3) is 11.1 Å². The first-order valence-electron chi connectivity index (χ1n) is 7.87. The van der Waals surface area contributed by atoms with Crippen LogP contribution < -0.4 is 5.32 Å². The molecule has 0 aliphatic rings. The van der Waals surface area contributed by atoms with Crippen LogP contribution in [-0.2, 0) is 4.79 Å². The Balaban J connectivity index is 1.41. The number of nitrogens with one attached hydrogen (secondary N) is 2. The third-order valence-corrected chi connectivity index (χ3v) is 4.52. The van der Waals surface area contributed by atoms with Gasteiger partial charge < -0.3 is 14.7 Å². The number of hydrogen-bond acceptors (Lipinski definition) is 5. The lowest BCUT2D eigenvalue weighted by molar-refractivity contribution is -0.113. The number of halogens is 2. The molecule has 4 rings (SSSR count). The van der Waals surface area contributed by atoms with Crippen molar-refractivity contribution in [2.24, 2.45) is 0 Å². The Morgan fingerprint density at radius 3 is 2.74 bits per heavy atom. The summed E-state index contributed by atoms with van der Waals surface area (Å²) in [4.78, 5) is 15.1. The Labute approximate surface area is 156 Å². The maximum atomic E-state index is 13.1. The Bertz CT molecular complexity index is 1110. The van der Waals surface area contributed by atoms with E-state index in [1.54, 1.807) is 6.20 Å². The van der Waals surface area contributed by atoms with E-state index < -0.39 is 17.5 Å². The van der Waals surface area contributed by atoms with Crippen LogP contribution in [0.25, 0.3) is 22.4 Å². The number of carbonyl (C=O) groups excluding carboxylic acids is 1. The van der Waals surface area contributed by atoms with E-state index in [4.69, 9.17) is 4.42 Å². The summed E-state index contributed by atoms with van der Waals surface area (Å²) >= 11 is 1.03. The lowest BCUT2D eigenvalue weighted by Gasteiger charge is -2.04. The third kappa shape index (κ3) is 3.82. The van der Waals surface area contributed by atoms with Gasteiger partial charge in [0.05, 0.1) is 11.3 Å². The standard InChI is InChI=1S/C18H12F2N4O2S/c19-10-5-11(20)7-12(6-10)22-16(25)9-27-18-24-23-17(26-18)14-8-21-15-4-2-1-3-13(14)15/h1-8,21H,9H2,(H,22,25). The molecule has 0 saturated carbocycles. The van der Waals surface area contributed by atoms with Crippen LogP contribution in [0.3, 0.4) is 0 Å². The molecule has 0 atom stereocenters. The highest BCUT2D eigenvalue weighted by Crippen LogP contribution is 2.29. The molecule has 9 heteroatoms. The summed E-state index contributed by atoms with van der Waals surface area (Å²) in [6.45, 7) is 0. The van der Waals surface area contributed by atoms with Gasteiger partial charge in [0.2, 0.25) is 5.91 Å². The lowest BCUT2D eigenvalue weighted by atomic mass is 10.2. The van der Waals surface area contributed by atoms with Gasteiger partial charge in [-0.05, 0) is 18.2 Å². The average molecular weight is 386 g/mol. The number of rotatable bonds is 5. The van der Waals surface area contributed by atoms with Gasteiger partial charge in [-0.3, -0.25) is 4.79 Å². The number of aromatic nitrogens is 3. The predicted molar refractivity (Wildman–Crippen MR) is 97.3 cm³/mol. The molecular weight excluding hydrogens is 374 g/mol. The molecule has 0 radical (unpaired) electrons. The fourth-order valence-corrected chi connectivity index (χ4v) is 3.14. The molecule has 0 aliphatic carbocycles. The van der Waals surface area contributed by atoms with Crippen LogP contribution in [0.2, 0.25) is 0 Å². The number of H-pyrrole nitrogens is 1. The second kappa shape index (κ2) is 7.20. The summed E-state index contributed by atoms with van der Waals surface area (Å²) in [6, 6.07) is 10.5. The molecule has 2 heterocycles. The van der Waals surface area contributed by atoms with Crippen LogP contribution in [0.1, 0.15) is 0 Å². The molecule has 4 aromatic rings. The minimum absolute atomic E-state index is 0.0445. The van der Waals surface area contributed by atoms with Gasteiger partial charge in [-0.15, -0.1) is 10.2 Å². The molecule has 2 aromatic carbocycles. The monoisotopic (exact) mass is 386 g/mol. The Kier molecular flexibility index (Phi) is 4.59. The van der Waals surface area contributed by atoms with E-state index in [-0.39, 0.29) is 16.7 Å². The van der Waals surface area contributed by atoms with Crippen molar-refractivity contribution in [3.63, 3.8) is 0 Å². The van der Waals surface area contributed by atoms with Crippen molar-refractivity contribution >= 4 is 34.3 Å². The van der Waals surface area contributed by atoms with Crippen molar-refractivity contribution in [2.75, 3.05) is 11.1 Å². The van der Waals surface area contributed by atoms with Crippen LogP contribution >= 0.6 is 11.8 Å². The number of aromatic amines is 1. The van der Waals surface area contributed by atoms with Crippen molar-refractivity contribution < 1.29 is 18.0 Å². The molecule has 2 N–H and O–H groups in total. The maximum Gasteiger partial charge on any atom is 0.277 e. The van der Waals surface area contributed by atoms with Crippen LogP contribution in [0.15, 0.2) is 58.3 Å². The second-order valence-corrected chi connectivity index (χ2v) is 6.54. The lowest BCUT2D eigenvalue weighted by Crippen LogP contribution is -2.14. The van der Waals surface area contributed by atoms with Gasteiger partial charge in [-0.25, -0.2) is 8.78 Å². The molecule has 0 fully saturated rings. The summed E-state index contributed by atoms with van der Waals surface area (Å²) in [5, 5.41) is 11.5. The van der Waals surface area contributed by atoms with E-state index in [0.717, 1.165) is 46.4 Å². The highest BCUT2D eigenvalue weighted by Gasteiger charge is 2.14. The van der Waals surface area contributed by atoms with E-state index >= 15 is 0 Å². The molecule has 27 heavy (non-hydrogen) atoms. The molecule has 2 aromatic heterocycles. The van der Waals surface area contributed by atoms with Gasteiger partial charge in [0, 0.05) is 28.9 Å². The Hall–Kier alpha value is -3.20. The number of anilines is 1. The van der Waals surface area contributed by atoms with Crippen molar-refractivity contribution in [2.45, 2.75) is 5.22 Å². The fourth-order valence-electron chi connectivity index (χ4n) is 2.58. The molecule has 0 aliphatic heterocycles. The van der Waals surface area contributed by atoms with E-state index in [0.29, 0.717) is 5.89 Å².